The lowest BCUT2D eigenvalue weighted by atomic mass is 9.90. The van der Waals surface area contributed by atoms with Gasteiger partial charge >= 0.3 is 6.01 Å². The Morgan fingerprint density at radius 3 is 2.58 bits per heavy atom. The second kappa shape index (κ2) is 5.93. The number of hydrogen-bond acceptors (Lipinski definition) is 6. The number of phenols is 1. The summed E-state index contributed by atoms with van der Waals surface area (Å²) in [5, 5.41) is 18.4. The molecule has 0 aliphatic heterocycles. The first kappa shape index (κ1) is 14.6. The second-order valence-corrected chi connectivity index (χ2v) is 5.89. The predicted molar refractivity (Wildman–Crippen MR) is 87.9 cm³/mol. The summed E-state index contributed by atoms with van der Waals surface area (Å²) in [6, 6.07) is 9.66. The molecule has 0 bridgehead atoms. The van der Waals surface area contributed by atoms with Crippen LogP contribution in [0.4, 0.5) is 0 Å². The summed E-state index contributed by atoms with van der Waals surface area (Å²) < 4.78 is 7.49. The molecule has 7 nitrogen and oxygen atoms in total. The Morgan fingerprint density at radius 1 is 1.17 bits per heavy atom. The normalized spacial score (nSPS) is 19.7. The van der Waals surface area contributed by atoms with Crippen molar-refractivity contribution in [2.75, 3.05) is 0 Å². The topological polar surface area (TPSA) is 99.1 Å². The number of hydrogen-bond donors (Lipinski definition) is 2. The van der Waals surface area contributed by atoms with E-state index in [1.807, 2.05) is 35.2 Å². The van der Waals surface area contributed by atoms with Crippen molar-refractivity contribution in [2.45, 2.75) is 25.0 Å². The summed E-state index contributed by atoms with van der Waals surface area (Å²) in [7, 11) is 0. The molecular weight excluding hydrogens is 306 g/mol. The molecule has 0 atom stereocenters. The zero-order valence-corrected chi connectivity index (χ0v) is 12.9. The molecule has 1 saturated carbocycles. The van der Waals surface area contributed by atoms with Gasteiger partial charge in [-0.25, -0.2) is 4.98 Å². The molecule has 0 radical (unpaired) electrons. The fourth-order valence-electron chi connectivity index (χ4n) is 2.70. The van der Waals surface area contributed by atoms with Gasteiger partial charge in [-0.3, -0.25) is 0 Å². The van der Waals surface area contributed by atoms with Crippen LogP contribution in [0.25, 0.3) is 16.9 Å². The molecule has 1 aromatic carbocycles. The highest BCUT2D eigenvalue weighted by Gasteiger charge is 2.28. The van der Waals surface area contributed by atoms with Crippen molar-refractivity contribution in [3.05, 3.63) is 48.9 Å². The number of rotatable bonds is 4. The van der Waals surface area contributed by atoms with Crippen LogP contribution in [0.3, 0.4) is 0 Å². The molecular formula is C17H17N5O2. The standard InChI is InChI=1S/C17H17N5O2/c18-11-7-13(8-11)24-17-19-10-15(20-21-17)14-4-3-12(9-16(14)23)22-5-1-2-6-22/h1-6,9-11,13,23H,7-8,18H2. The first-order chi connectivity index (χ1) is 11.7. The summed E-state index contributed by atoms with van der Waals surface area (Å²) in [5.74, 6) is 0.121. The van der Waals surface area contributed by atoms with Crippen molar-refractivity contribution in [1.82, 2.24) is 19.7 Å². The molecule has 2 aromatic heterocycles. The van der Waals surface area contributed by atoms with E-state index in [-0.39, 0.29) is 23.9 Å². The van der Waals surface area contributed by atoms with E-state index in [1.54, 1.807) is 18.3 Å². The van der Waals surface area contributed by atoms with E-state index in [4.69, 9.17) is 10.5 Å². The number of aromatic hydroxyl groups is 1. The maximum absolute atomic E-state index is 10.3. The van der Waals surface area contributed by atoms with Gasteiger partial charge in [-0.05, 0) is 37.1 Å². The highest BCUT2D eigenvalue weighted by Crippen LogP contribution is 2.30. The Kier molecular flexibility index (Phi) is 3.62. The molecule has 0 amide bonds. The summed E-state index contributed by atoms with van der Waals surface area (Å²) >= 11 is 0. The summed E-state index contributed by atoms with van der Waals surface area (Å²) in [5.41, 5.74) is 7.65. The smallest absolute Gasteiger partial charge is 0.335 e. The zero-order chi connectivity index (χ0) is 16.5. The van der Waals surface area contributed by atoms with Gasteiger partial charge in [0.05, 0.1) is 6.20 Å². The van der Waals surface area contributed by atoms with Crippen molar-refractivity contribution in [3.8, 4) is 28.7 Å². The van der Waals surface area contributed by atoms with Gasteiger partial charge in [0.15, 0.2) is 0 Å². The number of benzene rings is 1. The lowest BCUT2D eigenvalue weighted by Crippen LogP contribution is -2.43. The Hall–Kier alpha value is -2.93. The van der Waals surface area contributed by atoms with E-state index in [0.29, 0.717) is 11.3 Å². The maximum Gasteiger partial charge on any atom is 0.335 e. The zero-order valence-electron chi connectivity index (χ0n) is 12.9. The Labute approximate surface area is 138 Å². The average Bonchev–Trinajstić information content (AvgIpc) is 3.09. The third-order valence-electron chi connectivity index (χ3n) is 4.10. The largest absolute Gasteiger partial charge is 0.507 e. The van der Waals surface area contributed by atoms with Crippen LogP contribution in [0.5, 0.6) is 11.8 Å². The van der Waals surface area contributed by atoms with E-state index in [9.17, 15) is 5.11 Å². The van der Waals surface area contributed by atoms with Crippen LogP contribution in [0.2, 0.25) is 0 Å². The third-order valence-corrected chi connectivity index (χ3v) is 4.10. The second-order valence-electron chi connectivity index (χ2n) is 5.89. The van der Waals surface area contributed by atoms with E-state index in [2.05, 4.69) is 15.2 Å². The van der Waals surface area contributed by atoms with Crippen molar-refractivity contribution >= 4 is 0 Å². The quantitative estimate of drug-likeness (QED) is 0.761. The van der Waals surface area contributed by atoms with Gasteiger partial charge in [-0.2, -0.15) is 0 Å². The van der Waals surface area contributed by atoms with Crippen molar-refractivity contribution in [3.63, 3.8) is 0 Å². The number of ether oxygens (including phenoxy) is 1. The molecule has 0 spiro atoms. The number of nitrogens with two attached hydrogens (primary N) is 1. The van der Waals surface area contributed by atoms with E-state index in [1.165, 1.54) is 0 Å². The third kappa shape index (κ3) is 2.81. The van der Waals surface area contributed by atoms with E-state index >= 15 is 0 Å². The van der Waals surface area contributed by atoms with Crippen LogP contribution in [-0.4, -0.2) is 37.0 Å². The summed E-state index contributed by atoms with van der Waals surface area (Å²) in [6.45, 7) is 0. The highest BCUT2D eigenvalue weighted by atomic mass is 16.5. The summed E-state index contributed by atoms with van der Waals surface area (Å²) in [6.07, 6.45) is 7.06. The fraction of sp³-hybridized carbons (Fsp3) is 0.235. The van der Waals surface area contributed by atoms with Crippen molar-refractivity contribution < 1.29 is 9.84 Å². The van der Waals surface area contributed by atoms with Crippen LogP contribution in [-0.2, 0) is 0 Å². The molecule has 4 rings (SSSR count). The fourth-order valence-corrected chi connectivity index (χ4v) is 2.70. The molecule has 3 aromatic rings. The molecule has 3 N–H and O–H groups in total. The highest BCUT2D eigenvalue weighted by molar-refractivity contribution is 5.67. The average molecular weight is 323 g/mol. The molecule has 0 unspecified atom stereocenters. The Bertz CT molecular complexity index is 827. The van der Waals surface area contributed by atoms with Crippen molar-refractivity contribution in [2.24, 2.45) is 5.73 Å². The van der Waals surface area contributed by atoms with Crippen LogP contribution in [0.15, 0.2) is 48.9 Å². The predicted octanol–water partition coefficient (Wildman–Crippen LogP) is 1.90. The minimum Gasteiger partial charge on any atom is -0.507 e. The van der Waals surface area contributed by atoms with Crippen LogP contribution >= 0.6 is 0 Å². The van der Waals surface area contributed by atoms with Gasteiger partial charge in [0, 0.05) is 35.8 Å². The number of aromatic nitrogens is 4. The molecule has 1 aliphatic rings. The van der Waals surface area contributed by atoms with Gasteiger partial charge in [0.1, 0.15) is 17.5 Å². The van der Waals surface area contributed by atoms with Gasteiger partial charge in [0.2, 0.25) is 0 Å². The monoisotopic (exact) mass is 323 g/mol. The Morgan fingerprint density at radius 2 is 1.96 bits per heavy atom. The molecule has 2 heterocycles. The molecule has 1 aliphatic carbocycles. The number of phenolic OH excluding ortho intramolecular Hbond substituents is 1. The van der Waals surface area contributed by atoms with Crippen LogP contribution < -0.4 is 10.5 Å². The molecule has 122 valence electrons. The number of nitrogens with zero attached hydrogens (tertiary/aromatic N) is 4. The first-order valence-electron chi connectivity index (χ1n) is 7.78. The van der Waals surface area contributed by atoms with E-state index < -0.39 is 0 Å². The SMILES string of the molecule is NC1CC(Oc2ncc(-c3ccc(-n4cccc4)cc3O)nn2)C1. The maximum atomic E-state index is 10.3. The molecule has 7 heteroatoms. The molecule has 1 fully saturated rings. The first-order valence-corrected chi connectivity index (χ1v) is 7.78. The van der Waals surface area contributed by atoms with Crippen molar-refractivity contribution in [1.29, 1.82) is 0 Å². The molecule has 24 heavy (non-hydrogen) atoms. The lowest BCUT2D eigenvalue weighted by Gasteiger charge is -2.31. The van der Waals surface area contributed by atoms with Gasteiger partial charge in [0.25, 0.3) is 0 Å². The van der Waals surface area contributed by atoms with Crippen LogP contribution in [0.1, 0.15) is 12.8 Å². The van der Waals surface area contributed by atoms with Crippen LogP contribution in [0, 0.1) is 0 Å². The molecule has 0 saturated heterocycles. The van der Waals surface area contributed by atoms with Gasteiger partial charge < -0.3 is 20.1 Å². The Balaban J connectivity index is 1.53. The summed E-state index contributed by atoms with van der Waals surface area (Å²) in [4.78, 5) is 4.16. The van der Waals surface area contributed by atoms with Gasteiger partial charge in [-0.1, -0.05) is 5.10 Å². The minimum atomic E-state index is 0.0712. The lowest BCUT2D eigenvalue weighted by molar-refractivity contribution is 0.0891. The van der Waals surface area contributed by atoms with Gasteiger partial charge in [-0.15, -0.1) is 5.10 Å². The van der Waals surface area contributed by atoms with E-state index in [0.717, 1.165) is 18.5 Å². The minimum absolute atomic E-state index is 0.0712.